The number of carbonyl (C=O) groups excluding carboxylic acids is 1. The third-order valence-corrected chi connectivity index (χ3v) is 5.71. The predicted molar refractivity (Wildman–Crippen MR) is 124 cm³/mol. The molecule has 0 spiro atoms. The summed E-state index contributed by atoms with van der Waals surface area (Å²) in [6, 6.07) is 12.8. The molecule has 0 saturated heterocycles. The summed E-state index contributed by atoms with van der Waals surface area (Å²) in [4.78, 5) is 13.0. The number of anilines is 1. The standard InChI is InChI=1S/C21H19ClN2O3S2/c1-12(2)11-27-15-6-4-5-13(9-15)23-21(28)24-20(25)19-18(22)16-8-7-14(26-3)10-17(16)29-19/h4-10H,1,11H2,2-3H3,(H2,23,24,25,28). The Morgan fingerprint density at radius 3 is 2.76 bits per heavy atom. The van der Waals surface area contributed by atoms with Gasteiger partial charge < -0.3 is 14.8 Å². The highest BCUT2D eigenvalue weighted by Gasteiger charge is 2.18. The Kier molecular flexibility index (Phi) is 6.74. The second-order valence-corrected chi connectivity index (χ2v) is 8.13. The van der Waals surface area contributed by atoms with Gasteiger partial charge in [0.2, 0.25) is 0 Å². The number of ether oxygens (including phenoxy) is 2. The molecule has 0 aliphatic rings. The summed E-state index contributed by atoms with van der Waals surface area (Å²) in [6.45, 7) is 6.13. The van der Waals surface area contributed by atoms with Gasteiger partial charge in [-0.25, -0.2) is 0 Å². The van der Waals surface area contributed by atoms with E-state index in [4.69, 9.17) is 33.3 Å². The minimum Gasteiger partial charge on any atom is -0.497 e. The number of halogens is 1. The van der Waals surface area contributed by atoms with Gasteiger partial charge in [-0.05, 0) is 55.0 Å². The maximum Gasteiger partial charge on any atom is 0.269 e. The van der Waals surface area contributed by atoms with Crippen molar-refractivity contribution >= 4 is 61.9 Å². The van der Waals surface area contributed by atoms with Crippen LogP contribution in [0.4, 0.5) is 5.69 Å². The van der Waals surface area contributed by atoms with E-state index in [1.165, 1.54) is 11.3 Å². The first-order valence-electron chi connectivity index (χ1n) is 8.63. The van der Waals surface area contributed by atoms with Gasteiger partial charge in [0.15, 0.2) is 5.11 Å². The van der Waals surface area contributed by atoms with Crippen LogP contribution in [0.3, 0.4) is 0 Å². The second kappa shape index (κ2) is 9.26. The Morgan fingerprint density at radius 1 is 1.24 bits per heavy atom. The number of fused-ring (bicyclic) bond motifs is 1. The third kappa shape index (κ3) is 5.26. The number of thiophene rings is 1. The number of benzene rings is 2. The smallest absolute Gasteiger partial charge is 0.269 e. The summed E-state index contributed by atoms with van der Waals surface area (Å²) in [6.07, 6.45) is 0. The normalized spacial score (nSPS) is 10.4. The van der Waals surface area contributed by atoms with Crippen LogP contribution >= 0.6 is 35.2 Å². The fourth-order valence-corrected chi connectivity index (χ4v) is 4.16. The van der Waals surface area contributed by atoms with Crippen molar-refractivity contribution in [2.24, 2.45) is 0 Å². The van der Waals surface area contributed by atoms with Gasteiger partial charge in [-0.15, -0.1) is 11.3 Å². The molecule has 2 aromatic carbocycles. The zero-order valence-corrected chi connectivity index (χ0v) is 18.3. The highest BCUT2D eigenvalue weighted by molar-refractivity contribution is 7.80. The van der Waals surface area contributed by atoms with Crippen LogP contribution in [-0.4, -0.2) is 24.7 Å². The first-order valence-corrected chi connectivity index (χ1v) is 10.2. The van der Waals surface area contributed by atoms with Gasteiger partial charge >= 0.3 is 0 Å². The number of thiocarbonyl (C=S) groups is 1. The molecule has 8 heteroatoms. The molecule has 0 bridgehead atoms. The molecule has 150 valence electrons. The zero-order valence-electron chi connectivity index (χ0n) is 15.9. The van der Waals surface area contributed by atoms with E-state index in [9.17, 15) is 4.79 Å². The van der Waals surface area contributed by atoms with Gasteiger partial charge in [0.25, 0.3) is 5.91 Å². The molecule has 29 heavy (non-hydrogen) atoms. The summed E-state index contributed by atoms with van der Waals surface area (Å²) in [7, 11) is 1.59. The number of nitrogens with one attached hydrogen (secondary N) is 2. The van der Waals surface area contributed by atoms with Crippen molar-refractivity contribution in [1.82, 2.24) is 5.32 Å². The topological polar surface area (TPSA) is 59.6 Å². The van der Waals surface area contributed by atoms with E-state index >= 15 is 0 Å². The number of methoxy groups -OCH3 is 1. The average molecular weight is 447 g/mol. The van der Waals surface area contributed by atoms with Crippen molar-refractivity contribution in [1.29, 1.82) is 0 Å². The van der Waals surface area contributed by atoms with E-state index in [1.54, 1.807) is 19.2 Å². The van der Waals surface area contributed by atoms with Crippen LogP contribution in [0.1, 0.15) is 16.6 Å². The minimum atomic E-state index is -0.373. The molecule has 0 saturated carbocycles. The number of hydrogen-bond donors (Lipinski definition) is 2. The van der Waals surface area contributed by atoms with Crippen molar-refractivity contribution in [2.75, 3.05) is 19.0 Å². The molecule has 3 rings (SSSR count). The fraction of sp³-hybridized carbons (Fsp3) is 0.143. The van der Waals surface area contributed by atoms with E-state index in [-0.39, 0.29) is 11.0 Å². The third-order valence-electron chi connectivity index (χ3n) is 3.85. The molecule has 0 fully saturated rings. The minimum absolute atomic E-state index is 0.165. The van der Waals surface area contributed by atoms with Crippen LogP contribution in [0.5, 0.6) is 11.5 Å². The van der Waals surface area contributed by atoms with E-state index in [0.717, 1.165) is 15.7 Å². The molecule has 1 aromatic heterocycles. The van der Waals surface area contributed by atoms with Gasteiger partial charge in [-0.1, -0.05) is 24.2 Å². The first-order chi connectivity index (χ1) is 13.9. The highest BCUT2D eigenvalue weighted by Crippen LogP contribution is 2.37. The fourth-order valence-electron chi connectivity index (χ4n) is 2.51. The van der Waals surface area contributed by atoms with Gasteiger partial charge in [-0.2, -0.15) is 0 Å². The van der Waals surface area contributed by atoms with Crippen LogP contribution in [0.15, 0.2) is 54.6 Å². The van der Waals surface area contributed by atoms with Gasteiger partial charge in [0, 0.05) is 21.8 Å². The number of hydrogen-bond acceptors (Lipinski definition) is 5. The lowest BCUT2D eigenvalue weighted by Gasteiger charge is -2.11. The molecule has 0 aliphatic heterocycles. The SMILES string of the molecule is C=C(C)COc1cccc(NC(=S)NC(=O)c2sc3cc(OC)ccc3c2Cl)c1. The first kappa shape index (κ1) is 21.1. The summed E-state index contributed by atoms with van der Waals surface area (Å²) >= 11 is 12.9. The molecule has 0 unspecified atom stereocenters. The Labute approximate surface area is 183 Å². The number of carbonyl (C=O) groups is 1. The lowest BCUT2D eigenvalue weighted by atomic mass is 10.2. The van der Waals surface area contributed by atoms with Crippen molar-refractivity contribution in [3.63, 3.8) is 0 Å². The number of rotatable bonds is 6. The summed E-state index contributed by atoms with van der Waals surface area (Å²) in [5.74, 6) is 1.00. The molecule has 3 aromatic rings. The summed E-state index contributed by atoms with van der Waals surface area (Å²) in [5, 5.41) is 7.00. The van der Waals surface area contributed by atoms with Crippen LogP contribution < -0.4 is 20.1 Å². The van der Waals surface area contributed by atoms with Crippen molar-refractivity contribution in [3.05, 3.63) is 64.5 Å². The van der Waals surface area contributed by atoms with E-state index < -0.39 is 0 Å². The van der Waals surface area contributed by atoms with Crippen molar-refractivity contribution in [2.45, 2.75) is 6.92 Å². The lowest BCUT2D eigenvalue weighted by molar-refractivity contribution is 0.0982. The van der Waals surface area contributed by atoms with Crippen molar-refractivity contribution in [3.8, 4) is 11.5 Å². The Bertz CT molecular complexity index is 1090. The predicted octanol–water partition coefficient (Wildman–Crippen LogP) is 5.65. The monoisotopic (exact) mass is 446 g/mol. The highest BCUT2D eigenvalue weighted by atomic mass is 35.5. The molecule has 0 aliphatic carbocycles. The lowest BCUT2D eigenvalue weighted by Crippen LogP contribution is -2.33. The summed E-state index contributed by atoms with van der Waals surface area (Å²) < 4.78 is 11.7. The van der Waals surface area contributed by atoms with E-state index in [0.29, 0.717) is 33.7 Å². The molecular formula is C21H19ClN2O3S2. The maximum absolute atomic E-state index is 12.7. The van der Waals surface area contributed by atoms with E-state index in [1.807, 2.05) is 37.3 Å². The molecule has 0 radical (unpaired) electrons. The average Bonchev–Trinajstić information content (AvgIpc) is 3.02. The molecule has 1 heterocycles. The Hall–Kier alpha value is -2.61. The van der Waals surface area contributed by atoms with E-state index in [2.05, 4.69) is 17.2 Å². The Balaban J connectivity index is 1.69. The van der Waals surface area contributed by atoms with Crippen molar-refractivity contribution < 1.29 is 14.3 Å². The van der Waals surface area contributed by atoms with Crippen LogP contribution in [0, 0.1) is 0 Å². The van der Waals surface area contributed by atoms with Gasteiger partial charge in [0.1, 0.15) is 23.0 Å². The van der Waals surface area contributed by atoms with Gasteiger partial charge in [-0.3, -0.25) is 10.1 Å². The summed E-state index contributed by atoms with van der Waals surface area (Å²) in [5.41, 5.74) is 1.62. The second-order valence-electron chi connectivity index (χ2n) is 6.29. The maximum atomic E-state index is 12.7. The molecular weight excluding hydrogens is 428 g/mol. The quantitative estimate of drug-likeness (QED) is 0.378. The van der Waals surface area contributed by atoms with Crippen LogP contribution in [-0.2, 0) is 0 Å². The largest absolute Gasteiger partial charge is 0.497 e. The zero-order chi connectivity index (χ0) is 21.0. The van der Waals surface area contributed by atoms with Gasteiger partial charge in [0.05, 0.1) is 12.1 Å². The Morgan fingerprint density at radius 2 is 2.03 bits per heavy atom. The molecule has 0 atom stereocenters. The molecule has 1 amide bonds. The van der Waals surface area contributed by atoms with Crippen LogP contribution in [0.25, 0.3) is 10.1 Å². The number of amides is 1. The molecule has 2 N–H and O–H groups in total. The van der Waals surface area contributed by atoms with Crippen LogP contribution in [0.2, 0.25) is 5.02 Å². The molecule has 5 nitrogen and oxygen atoms in total.